The van der Waals surface area contributed by atoms with Crippen LogP contribution >= 0.6 is 0 Å². The quantitative estimate of drug-likeness (QED) is 0.749. The monoisotopic (exact) mass is 266 g/mol. The number of carbonyl (C=O) groups excluding carboxylic acids is 1. The van der Waals surface area contributed by atoms with E-state index >= 15 is 0 Å². The van der Waals surface area contributed by atoms with E-state index in [1.54, 1.807) is 0 Å². The average molecular weight is 266 g/mol. The normalized spacial score (nSPS) is 24.4. The summed E-state index contributed by atoms with van der Waals surface area (Å²) in [5.41, 5.74) is 0.0565. The van der Waals surface area contributed by atoms with Crippen molar-refractivity contribution >= 4 is 5.91 Å². The number of likely N-dealkylation sites (N-methyl/N-ethyl adjacent to an activating group) is 2. The number of rotatable bonds is 4. The van der Waals surface area contributed by atoms with Crippen LogP contribution in [-0.4, -0.2) is 74.0 Å². The first-order valence-corrected chi connectivity index (χ1v) is 6.77. The van der Waals surface area contributed by atoms with Crippen LogP contribution in [0.3, 0.4) is 0 Å². The molecule has 1 amide bonds. The van der Waals surface area contributed by atoms with E-state index in [-0.39, 0.29) is 23.8 Å². The van der Waals surface area contributed by atoms with E-state index < -0.39 is 0 Å². The number of hydrogen-bond donors (Lipinski definition) is 0. The number of nitriles is 1. The molecule has 19 heavy (non-hydrogen) atoms. The standard InChI is InChI=1S/C14H26N4O/c1-14(2)10-17(5)12(6-7-15)13(19)18(11-14)9-8-16(3)4/h12H,6,8-11H2,1-5H3. The van der Waals surface area contributed by atoms with Crippen LogP contribution in [0.2, 0.25) is 0 Å². The molecular weight excluding hydrogens is 240 g/mol. The molecule has 0 radical (unpaired) electrons. The van der Waals surface area contributed by atoms with Crippen LogP contribution in [0.4, 0.5) is 0 Å². The predicted molar refractivity (Wildman–Crippen MR) is 75.6 cm³/mol. The molecule has 0 aromatic heterocycles. The summed E-state index contributed by atoms with van der Waals surface area (Å²) in [6.07, 6.45) is 0.268. The highest BCUT2D eigenvalue weighted by molar-refractivity contribution is 5.82. The summed E-state index contributed by atoms with van der Waals surface area (Å²) in [5.74, 6) is 0.0940. The van der Waals surface area contributed by atoms with Crippen molar-refractivity contribution in [1.82, 2.24) is 14.7 Å². The van der Waals surface area contributed by atoms with Crippen molar-refractivity contribution < 1.29 is 4.79 Å². The van der Waals surface area contributed by atoms with Gasteiger partial charge in [0.2, 0.25) is 5.91 Å². The summed E-state index contributed by atoms with van der Waals surface area (Å²) >= 11 is 0. The van der Waals surface area contributed by atoms with Crippen LogP contribution in [0, 0.1) is 16.7 Å². The maximum Gasteiger partial charge on any atom is 0.241 e. The summed E-state index contributed by atoms with van der Waals surface area (Å²) < 4.78 is 0. The van der Waals surface area contributed by atoms with Crippen molar-refractivity contribution in [3.05, 3.63) is 0 Å². The van der Waals surface area contributed by atoms with Gasteiger partial charge in [-0.05, 0) is 26.6 Å². The zero-order chi connectivity index (χ0) is 14.6. The van der Waals surface area contributed by atoms with Crippen LogP contribution in [0.15, 0.2) is 0 Å². The summed E-state index contributed by atoms with van der Waals surface area (Å²) in [4.78, 5) is 18.6. The Labute approximate surface area is 116 Å². The number of amides is 1. The van der Waals surface area contributed by atoms with Crippen molar-refractivity contribution in [1.29, 1.82) is 5.26 Å². The zero-order valence-electron chi connectivity index (χ0n) is 12.8. The molecule has 0 aromatic rings. The average Bonchev–Trinajstić information content (AvgIpc) is 2.36. The van der Waals surface area contributed by atoms with Gasteiger partial charge in [0.25, 0.3) is 0 Å². The molecule has 1 unspecified atom stereocenters. The first-order valence-electron chi connectivity index (χ1n) is 6.77. The molecule has 0 aliphatic carbocycles. The van der Waals surface area contributed by atoms with Gasteiger partial charge in [-0.3, -0.25) is 9.69 Å². The van der Waals surface area contributed by atoms with Gasteiger partial charge in [0.15, 0.2) is 0 Å². The number of hydrogen-bond acceptors (Lipinski definition) is 4. The van der Waals surface area contributed by atoms with Crippen LogP contribution in [0.1, 0.15) is 20.3 Å². The van der Waals surface area contributed by atoms with E-state index in [1.807, 2.05) is 30.9 Å². The maximum absolute atomic E-state index is 12.6. The second-order valence-electron chi connectivity index (χ2n) is 6.52. The highest BCUT2D eigenvalue weighted by Crippen LogP contribution is 2.25. The Kier molecular flexibility index (Phi) is 5.33. The lowest BCUT2D eigenvalue weighted by Crippen LogP contribution is -2.46. The van der Waals surface area contributed by atoms with E-state index in [4.69, 9.17) is 5.26 Å². The molecule has 5 nitrogen and oxygen atoms in total. The molecule has 5 heteroatoms. The predicted octanol–water partition coefficient (Wildman–Crippen LogP) is 0.630. The van der Waals surface area contributed by atoms with Crippen LogP contribution in [0.5, 0.6) is 0 Å². The Hall–Kier alpha value is -1.12. The largest absolute Gasteiger partial charge is 0.339 e. The third-order valence-electron chi connectivity index (χ3n) is 3.53. The Morgan fingerprint density at radius 1 is 1.42 bits per heavy atom. The van der Waals surface area contributed by atoms with Gasteiger partial charge in [0, 0.05) is 26.2 Å². The van der Waals surface area contributed by atoms with Gasteiger partial charge in [-0.2, -0.15) is 5.26 Å². The fourth-order valence-electron chi connectivity index (χ4n) is 2.67. The maximum atomic E-state index is 12.6. The van der Waals surface area contributed by atoms with E-state index in [0.29, 0.717) is 0 Å². The molecule has 1 heterocycles. The molecule has 1 atom stereocenters. The Morgan fingerprint density at radius 2 is 2.05 bits per heavy atom. The molecule has 0 N–H and O–H groups in total. The van der Waals surface area contributed by atoms with E-state index in [1.165, 1.54) is 0 Å². The third kappa shape index (κ3) is 4.48. The van der Waals surface area contributed by atoms with Crippen molar-refractivity contribution in [2.24, 2.45) is 5.41 Å². The second kappa shape index (κ2) is 6.36. The minimum atomic E-state index is -0.297. The van der Waals surface area contributed by atoms with Gasteiger partial charge < -0.3 is 9.80 Å². The van der Waals surface area contributed by atoms with Gasteiger partial charge >= 0.3 is 0 Å². The molecule has 1 rings (SSSR count). The lowest BCUT2D eigenvalue weighted by Gasteiger charge is -2.30. The molecule has 0 aromatic carbocycles. The molecule has 108 valence electrons. The lowest BCUT2D eigenvalue weighted by molar-refractivity contribution is -0.135. The van der Waals surface area contributed by atoms with Crippen molar-refractivity contribution in [3.8, 4) is 6.07 Å². The molecule has 0 spiro atoms. The van der Waals surface area contributed by atoms with Gasteiger partial charge in [0.05, 0.1) is 12.5 Å². The second-order valence-corrected chi connectivity index (χ2v) is 6.52. The zero-order valence-corrected chi connectivity index (χ0v) is 12.8. The molecule has 0 saturated carbocycles. The minimum Gasteiger partial charge on any atom is -0.339 e. The summed E-state index contributed by atoms with van der Waals surface area (Å²) in [7, 11) is 5.95. The molecular formula is C14H26N4O. The van der Waals surface area contributed by atoms with E-state index in [2.05, 4.69) is 24.8 Å². The highest BCUT2D eigenvalue weighted by Gasteiger charge is 2.37. The van der Waals surface area contributed by atoms with Crippen LogP contribution in [-0.2, 0) is 4.79 Å². The topological polar surface area (TPSA) is 50.6 Å². The van der Waals surface area contributed by atoms with Gasteiger partial charge in [-0.1, -0.05) is 13.8 Å². The Balaban J connectivity index is 2.88. The number of carbonyl (C=O) groups is 1. The van der Waals surface area contributed by atoms with Gasteiger partial charge in [0.1, 0.15) is 6.04 Å². The fourth-order valence-corrected chi connectivity index (χ4v) is 2.67. The van der Waals surface area contributed by atoms with E-state index in [9.17, 15) is 4.79 Å². The summed E-state index contributed by atoms with van der Waals surface area (Å²) in [6.45, 7) is 7.52. The smallest absolute Gasteiger partial charge is 0.241 e. The van der Waals surface area contributed by atoms with Crippen molar-refractivity contribution in [2.75, 3.05) is 47.3 Å². The van der Waals surface area contributed by atoms with Gasteiger partial charge in [-0.15, -0.1) is 0 Å². The van der Waals surface area contributed by atoms with Crippen molar-refractivity contribution in [2.45, 2.75) is 26.3 Å². The Bertz CT molecular complexity index is 359. The molecule has 0 bridgehead atoms. The first-order chi connectivity index (χ1) is 8.76. The summed E-state index contributed by atoms with van der Waals surface area (Å²) in [5, 5.41) is 8.92. The van der Waals surface area contributed by atoms with Crippen LogP contribution < -0.4 is 0 Å². The lowest BCUT2D eigenvalue weighted by atomic mass is 9.92. The fraction of sp³-hybridized carbons (Fsp3) is 0.857. The van der Waals surface area contributed by atoms with Gasteiger partial charge in [-0.25, -0.2) is 0 Å². The highest BCUT2D eigenvalue weighted by atomic mass is 16.2. The molecule has 1 saturated heterocycles. The van der Waals surface area contributed by atoms with Crippen LogP contribution in [0.25, 0.3) is 0 Å². The third-order valence-corrected chi connectivity index (χ3v) is 3.53. The van der Waals surface area contributed by atoms with E-state index in [0.717, 1.165) is 26.2 Å². The first kappa shape index (κ1) is 15.9. The minimum absolute atomic E-state index is 0.0565. The SMILES string of the molecule is CN(C)CCN1CC(C)(C)CN(C)C(CC#N)C1=O. The molecule has 1 aliphatic heterocycles. The molecule has 1 fully saturated rings. The summed E-state index contributed by atoms with van der Waals surface area (Å²) in [6, 6.07) is 1.84. The van der Waals surface area contributed by atoms with Crippen molar-refractivity contribution in [3.63, 3.8) is 0 Å². The molecule has 1 aliphatic rings. The number of nitrogens with zero attached hydrogens (tertiary/aromatic N) is 4. The Morgan fingerprint density at radius 3 is 2.58 bits per heavy atom.